The maximum Gasteiger partial charge on any atom is 0.127 e. The van der Waals surface area contributed by atoms with E-state index >= 15 is 0 Å². The van der Waals surface area contributed by atoms with E-state index in [1.165, 1.54) is 0 Å². The van der Waals surface area contributed by atoms with Gasteiger partial charge in [0.2, 0.25) is 0 Å². The Labute approximate surface area is 121 Å². The van der Waals surface area contributed by atoms with Gasteiger partial charge >= 0.3 is 0 Å². The highest BCUT2D eigenvalue weighted by Gasteiger charge is 2.06. The molecule has 1 aromatic rings. The van der Waals surface area contributed by atoms with Gasteiger partial charge in [-0.25, -0.2) is 0 Å². The Kier molecular flexibility index (Phi) is 8.35. The molecule has 0 saturated carbocycles. The lowest BCUT2D eigenvalue weighted by Gasteiger charge is -2.16. The van der Waals surface area contributed by atoms with Crippen LogP contribution in [0.4, 0.5) is 0 Å². The Morgan fingerprint density at radius 2 is 2.05 bits per heavy atom. The number of ether oxygens (including phenoxy) is 2. The van der Waals surface area contributed by atoms with E-state index in [1.54, 1.807) is 0 Å². The molecular weight excluding hydrogens is 260 g/mol. The summed E-state index contributed by atoms with van der Waals surface area (Å²) in [7, 11) is 0. The van der Waals surface area contributed by atoms with Crippen LogP contribution in [0.2, 0.25) is 0 Å². The molecular formula is C16H23ClO2. The van der Waals surface area contributed by atoms with Gasteiger partial charge in [-0.3, -0.25) is 0 Å². The zero-order chi connectivity index (χ0) is 13.9. The van der Waals surface area contributed by atoms with Crippen molar-refractivity contribution in [1.82, 2.24) is 0 Å². The predicted molar refractivity (Wildman–Crippen MR) is 82.0 cm³/mol. The average molecular weight is 283 g/mol. The summed E-state index contributed by atoms with van der Waals surface area (Å²) in [4.78, 5) is 0. The van der Waals surface area contributed by atoms with Gasteiger partial charge in [0, 0.05) is 18.1 Å². The number of hydrogen-bond acceptors (Lipinski definition) is 2. The third-order valence-corrected chi connectivity index (χ3v) is 2.89. The lowest BCUT2D eigenvalue weighted by molar-refractivity contribution is 0.0572. The van der Waals surface area contributed by atoms with Crippen LogP contribution in [0.5, 0.6) is 5.75 Å². The second-order valence-corrected chi connectivity index (χ2v) is 4.82. The van der Waals surface area contributed by atoms with Gasteiger partial charge in [-0.2, -0.15) is 0 Å². The van der Waals surface area contributed by atoms with E-state index in [1.807, 2.05) is 50.3 Å². The molecule has 1 atom stereocenters. The first-order chi connectivity index (χ1) is 9.27. The van der Waals surface area contributed by atoms with Crippen LogP contribution in [0.15, 0.2) is 30.3 Å². The summed E-state index contributed by atoms with van der Waals surface area (Å²) in [6, 6.07) is 8.02. The maximum absolute atomic E-state index is 5.90. The molecule has 0 heterocycles. The van der Waals surface area contributed by atoms with Crippen molar-refractivity contribution in [3.05, 3.63) is 35.9 Å². The highest BCUT2D eigenvalue weighted by molar-refractivity contribution is 6.17. The minimum Gasteiger partial charge on any atom is -0.488 e. The molecule has 0 aliphatic carbocycles. The molecule has 0 aliphatic heterocycles. The molecule has 106 valence electrons. The molecule has 0 radical (unpaired) electrons. The van der Waals surface area contributed by atoms with Crippen LogP contribution in [-0.4, -0.2) is 25.2 Å². The summed E-state index contributed by atoms with van der Waals surface area (Å²) in [5, 5.41) is 0. The summed E-state index contributed by atoms with van der Waals surface area (Å²) < 4.78 is 11.5. The number of benzene rings is 1. The molecule has 0 amide bonds. The van der Waals surface area contributed by atoms with Crippen molar-refractivity contribution in [1.29, 1.82) is 0 Å². The van der Waals surface area contributed by atoms with Crippen LogP contribution in [0.3, 0.4) is 0 Å². The fourth-order valence-corrected chi connectivity index (χ4v) is 1.89. The molecule has 1 unspecified atom stereocenters. The zero-order valence-electron chi connectivity index (χ0n) is 11.8. The van der Waals surface area contributed by atoms with Gasteiger partial charge in [0.05, 0.1) is 6.61 Å². The van der Waals surface area contributed by atoms with Gasteiger partial charge in [0.25, 0.3) is 0 Å². The van der Waals surface area contributed by atoms with Crippen molar-refractivity contribution in [2.45, 2.75) is 32.8 Å². The molecule has 3 heteroatoms. The summed E-state index contributed by atoms with van der Waals surface area (Å²) in [5.41, 5.74) is 1.10. The summed E-state index contributed by atoms with van der Waals surface area (Å²) >= 11 is 5.61. The van der Waals surface area contributed by atoms with E-state index in [0.29, 0.717) is 12.5 Å². The van der Waals surface area contributed by atoms with Gasteiger partial charge in [0.15, 0.2) is 0 Å². The third-order valence-electron chi connectivity index (χ3n) is 2.62. The molecule has 1 aromatic carbocycles. The molecule has 0 bridgehead atoms. The van der Waals surface area contributed by atoms with E-state index in [0.717, 1.165) is 30.8 Å². The van der Waals surface area contributed by atoms with E-state index in [2.05, 4.69) is 0 Å². The Hall–Kier alpha value is -0.990. The Balaban J connectivity index is 2.37. The minimum absolute atomic E-state index is 0.0439. The quantitative estimate of drug-likeness (QED) is 0.490. The molecule has 2 nitrogen and oxygen atoms in total. The SMILES string of the molecule is C/C=C/c1ccccc1OC(C)COCCCCCl. The van der Waals surface area contributed by atoms with E-state index in [4.69, 9.17) is 21.1 Å². The number of hydrogen-bond donors (Lipinski definition) is 0. The van der Waals surface area contributed by atoms with Gasteiger partial charge in [-0.05, 0) is 32.8 Å². The molecule has 0 saturated heterocycles. The largest absolute Gasteiger partial charge is 0.488 e. The Morgan fingerprint density at radius 1 is 1.26 bits per heavy atom. The van der Waals surface area contributed by atoms with Gasteiger partial charge in [-0.15, -0.1) is 11.6 Å². The molecule has 19 heavy (non-hydrogen) atoms. The lowest BCUT2D eigenvalue weighted by atomic mass is 10.2. The highest BCUT2D eigenvalue weighted by Crippen LogP contribution is 2.20. The molecule has 0 aliphatic rings. The van der Waals surface area contributed by atoms with Crippen molar-refractivity contribution in [2.75, 3.05) is 19.1 Å². The van der Waals surface area contributed by atoms with Crippen molar-refractivity contribution >= 4 is 17.7 Å². The van der Waals surface area contributed by atoms with E-state index < -0.39 is 0 Å². The van der Waals surface area contributed by atoms with Gasteiger partial charge in [-0.1, -0.05) is 30.4 Å². The van der Waals surface area contributed by atoms with Crippen molar-refractivity contribution in [2.24, 2.45) is 0 Å². The predicted octanol–water partition coefficient (Wildman–Crippen LogP) is 4.52. The summed E-state index contributed by atoms with van der Waals surface area (Å²) in [6.07, 6.45) is 6.10. The number of unbranched alkanes of at least 4 members (excludes halogenated alkanes) is 1. The molecule has 0 aromatic heterocycles. The van der Waals surface area contributed by atoms with Crippen molar-refractivity contribution < 1.29 is 9.47 Å². The number of alkyl halides is 1. The fraction of sp³-hybridized carbons (Fsp3) is 0.500. The number of halogens is 1. The molecule has 0 spiro atoms. The van der Waals surface area contributed by atoms with Gasteiger partial charge < -0.3 is 9.47 Å². The standard InChI is InChI=1S/C16H23ClO2/c1-3-8-15-9-4-5-10-16(15)19-14(2)13-18-12-7-6-11-17/h3-5,8-10,14H,6-7,11-13H2,1-2H3/b8-3+. The van der Waals surface area contributed by atoms with Crippen LogP contribution in [0, 0.1) is 0 Å². The summed E-state index contributed by atoms with van der Waals surface area (Å²) in [6.45, 7) is 5.37. The smallest absolute Gasteiger partial charge is 0.127 e. The molecule has 0 fully saturated rings. The lowest BCUT2D eigenvalue weighted by Crippen LogP contribution is -2.20. The normalized spacial score (nSPS) is 12.8. The molecule has 1 rings (SSSR count). The van der Waals surface area contributed by atoms with Crippen LogP contribution < -0.4 is 4.74 Å². The Morgan fingerprint density at radius 3 is 2.79 bits per heavy atom. The highest BCUT2D eigenvalue weighted by atomic mass is 35.5. The van der Waals surface area contributed by atoms with E-state index in [9.17, 15) is 0 Å². The van der Waals surface area contributed by atoms with Crippen LogP contribution >= 0.6 is 11.6 Å². The minimum atomic E-state index is 0.0439. The van der Waals surface area contributed by atoms with Crippen molar-refractivity contribution in [3.63, 3.8) is 0 Å². The number of rotatable bonds is 9. The zero-order valence-corrected chi connectivity index (χ0v) is 12.5. The molecule has 0 N–H and O–H groups in total. The average Bonchev–Trinajstić information content (AvgIpc) is 2.41. The number of para-hydroxylation sites is 1. The first kappa shape index (κ1) is 16.1. The second-order valence-electron chi connectivity index (χ2n) is 4.44. The van der Waals surface area contributed by atoms with Gasteiger partial charge in [0.1, 0.15) is 11.9 Å². The second kappa shape index (κ2) is 9.88. The van der Waals surface area contributed by atoms with Crippen LogP contribution in [-0.2, 0) is 4.74 Å². The monoisotopic (exact) mass is 282 g/mol. The first-order valence-electron chi connectivity index (χ1n) is 6.80. The van der Waals surface area contributed by atoms with Crippen LogP contribution in [0.1, 0.15) is 32.3 Å². The number of allylic oxidation sites excluding steroid dienone is 1. The Bertz CT molecular complexity index is 377. The fourth-order valence-electron chi connectivity index (χ4n) is 1.70. The topological polar surface area (TPSA) is 18.5 Å². The van der Waals surface area contributed by atoms with E-state index in [-0.39, 0.29) is 6.10 Å². The first-order valence-corrected chi connectivity index (χ1v) is 7.33. The van der Waals surface area contributed by atoms with Crippen LogP contribution in [0.25, 0.3) is 6.08 Å². The van der Waals surface area contributed by atoms with Crippen molar-refractivity contribution in [3.8, 4) is 5.75 Å². The maximum atomic E-state index is 5.90. The third kappa shape index (κ3) is 6.65. The summed E-state index contributed by atoms with van der Waals surface area (Å²) in [5.74, 6) is 1.60.